The van der Waals surface area contributed by atoms with E-state index in [0.717, 1.165) is 50.1 Å². The summed E-state index contributed by atoms with van der Waals surface area (Å²) in [6, 6.07) is 125. The van der Waals surface area contributed by atoms with Crippen molar-refractivity contribution >= 4 is 0 Å². The fraction of sp³-hybridized carbons (Fsp3) is 0.118. The number of fused-ring (bicyclic) bond motifs is 6. The Bertz CT molecular complexity index is 5910. The molecule has 0 saturated carbocycles. The van der Waals surface area contributed by atoms with E-state index in [-0.39, 0.29) is 21.7 Å². The van der Waals surface area contributed by atoms with Crippen molar-refractivity contribution in [3.8, 4) is 157 Å². The number of rotatable bonds is 12. The van der Waals surface area contributed by atoms with E-state index in [9.17, 15) is 0 Å². The standard InChI is InChI=1S/2C51H41N3/c1-50(2)45-32-37(34-17-8-5-9-18-34)27-29-43(45)44-30-28-39(33-46(44)51(50,3)4)42-26-15-14-25-41(42)38-23-16-24-40(31-38)49-53-47(35-19-10-6-11-20-35)52-48(54-49)36-21-12-7-13-22-36;1-50(2)45-32-38(34-17-8-5-9-18-34)27-29-42(45)43-30-28-39(33-46(43)51(50,3)4)37-23-16-24-40(31-37)41-25-14-15-26-44(41)49-53-47(35-19-10-6-11-20-35)52-48(54-49)36-21-12-7-13-22-36/h2*5-33H,1-4H3. The van der Waals surface area contributed by atoms with Gasteiger partial charge in [-0.3, -0.25) is 0 Å². The van der Waals surface area contributed by atoms with Crippen LogP contribution >= 0.6 is 0 Å². The second kappa shape index (κ2) is 27.9. The van der Waals surface area contributed by atoms with Crippen molar-refractivity contribution in [1.29, 1.82) is 0 Å². The van der Waals surface area contributed by atoms with Crippen LogP contribution in [0, 0.1) is 0 Å². The molecule has 2 heterocycles. The maximum absolute atomic E-state index is 5.06. The van der Waals surface area contributed by atoms with Gasteiger partial charge < -0.3 is 0 Å². The molecule has 2 aliphatic carbocycles. The SMILES string of the molecule is CC1(C)c2cc(-c3ccccc3)ccc2-c2ccc(-c3cccc(-c4ccccc4-c4nc(-c5ccccc5)nc(-c5ccccc5)n4)c3)cc2C1(C)C.CC1(C)c2cc(-c3ccccc3)ccc2-c2ccc(-c3ccccc3-c3cccc(-c4nc(-c5ccccc5)nc(-c5ccccc5)n4)c3)cc2C1(C)C. The van der Waals surface area contributed by atoms with Crippen molar-refractivity contribution in [1.82, 2.24) is 29.9 Å². The van der Waals surface area contributed by atoms with Crippen LogP contribution in [0.25, 0.3) is 157 Å². The third kappa shape index (κ3) is 12.5. The van der Waals surface area contributed by atoms with Gasteiger partial charge in [-0.15, -0.1) is 0 Å². The molecule has 520 valence electrons. The minimum atomic E-state index is -0.124. The van der Waals surface area contributed by atoms with E-state index >= 15 is 0 Å². The Morgan fingerprint density at radius 1 is 0.139 bits per heavy atom. The van der Waals surface area contributed by atoms with Crippen LogP contribution in [0.4, 0.5) is 0 Å². The fourth-order valence-corrected chi connectivity index (χ4v) is 16.0. The van der Waals surface area contributed by atoms with Crippen LogP contribution in [0.1, 0.15) is 77.6 Å². The summed E-state index contributed by atoms with van der Waals surface area (Å²) in [7, 11) is 0. The second-order valence-corrected chi connectivity index (χ2v) is 30.6. The number of aromatic nitrogens is 6. The van der Waals surface area contributed by atoms with E-state index in [1.54, 1.807) is 0 Å². The van der Waals surface area contributed by atoms with Gasteiger partial charge in [0.2, 0.25) is 0 Å². The zero-order valence-electron chi connectivity index (χ0n) is 62.2. The van der Waals surface area contributed by atoms with E-state index in [4.69, 9.17) is 29.9 Å². The van der Waals surface area contributed by atoms with Crippen molar-refractivity contribution in [3.05, 3.63) is 374 Å². The highest BCUT2D eigenvalue weighted by Crippen LogP contribution is 2.57. The largest absolute Gasteiger partial charge is 0.208 e. The molecule has 14 aromatic carbocycles. The first kappa shape index (κ1) is 68.2. The van der Waals surface area contributed by atoms with Crippen LogP contribution in [0.2, 0.25) is 0 Å². The molecule has 18 rings (SSSR count). The lowest BCUT2D eigenvalue weighted by molar-refractivity contribution is 0.299. The molecule has 6 nitrogen and oxygen atoms in total. The number of benzene rings is 14. The van der Waals surface area contributed by atoms with Gasteiger partial charge in [-0.1, -0.05) is 371 Å². The van der Waals surface area contributed by atoms with E-state index < -0.39 is 0 Å². The Hall–Kier alpha value is -12.9. The van der Waals surface area contributed by atoms with Crippen LogP contribution in [-0.4, -0.2) is 29.9 Å². The van der Waals surface area contributed by atoms with E-state index in [0.29, 0.717) is 34.9 Å². The Morgan fingerprint density at radius 3 is 0.685 bits per heavy atom. The van der Waals surface area contributed by atoms with E-state index in [1.807, 2.05) is 121 Å². The van der Waals surface area contributed by atoms with Crippen molar-refractivity contribution in [2.24, 2.45) is 0 Å². The molecule has 16 aromatic rings. The van der Waals surface area contributed by atoms with Crippen molar-refractivity contribution in [3.63, 3.8) is 0 Å². The van der Waals surface area contributed by atoms with Gasteiger partial charge in [0.05, 0.1) is 0 Å². The molecule has 0 bridgehead atoms. The molecular formula is C102H82N6. The van der Waals surface area contributed by atoms with Crippen molar-refractivity contribution in [2.75, 3.05) is 0 Å². The predicted octanol–water partition coefficient (Wildman–Crippen LogP) is 26.2. The van der Waals surface area contributed by atoms with Gasteiger partial charge in [0.15, 0.2) is 34.9 Å². The van der Waals surface area contributed by atoms with Gasteiger partial charge in [0.1, 0.15) is 0 Å². The summed E-state index contributed by atoms with van der Waals surface area (Å²) in [5, 5.41) is 0. The molecule has 0 saturated heterocycles. The zero-order valence-corrected chi connectivity index (χ0v) is 62.2. The van der Waals surface area contributed by atoms with E-state index in [1.165, 1.54) is 94.6 Å². The quantitative estimate of drug-likeness (QED) is 0.121. The van der Waals surface area contributed by atoms with Gasteiger partial charge in [-0.25, -0.2) is 29.9 Å². The van der Waals surface area contributed by atoms with Crippen LogP contribution in [0.3, 0.4) is 0 Å². The first-order valence-corrected chi connectivity index (χ1v) is 37.4. The van der Waals surface area contributed by atoms with Crippen LogP contribution < -0.4 is 0 Å². The van der Waals surface area contributed by atoms with Crippen LogP contribution in [0.15, 0.2) is 352 Å². The molecule has 6 heteroatoms. The third-order valence-electron chi connectivity index (χ3n) is 23.4. The van der Waals surface area contributed by atoms with Crippen molar-refractivity contribution < 1.29 is 0 Å². The van der Waals surface area contributed by atoms with Gasteiger partial charge in [-0.2, -0.15) is 0 Å². The molecule has 108 heavy (non-hydrogen) atoms. The Kier molecular flexibility index (Phi) is 17.6. The monoisotopic (exact) mass is 1390 g/mol. The molecule has 0 spiro atoms. The van der Waals surface area contributed by atoms with Gasteiger partial charge in [0, 0.05) is 33.4 Å². The Labute approximate surface area is 634 Å². The molecule has 2 aliphatic rings. The Balaban J connectivity index is 0.000000158. The summed E-state index contributed by atoms with van der Waals surface area (Å²) in [6.07, 6.45) is 0. The molecule has 0 unspecified atom stereocenters. The molecule has 0 N–H and O–H groups in total. The number of hydrogen-bond donors (Lipinski definition) is 0. The summed E-state index contributed by atoms with van der Waals surface area (Å²) in [5.41, 5.74) is 30.4. The summed E-state index contributed by atoms with van der Waals surface area (Å²) < 4.78 is 0. The van der Waals surface area contributed by atoms with Gasteiger partial charge in [-0.05, 0) is 169 Å². The molecule has 2 aromatic heterocycles. The lowest BCUT2D eigenvalue weighted by atomic mass is 9.55. The minimum absolute atomic E-state index is 0.0960. The fourth-order valence-electron chi connectivity index (χ4n) is 16.0. The molecule has 0 radical (unpaired) electrons. The van der Waals surface area contributed by atoms with Gasteiger partial charge in [0.25, 0.3) is 0 Å². The third-order valence-corrected chi connectivity index (χ3v) is 23.4. The predicted molar refractivity (Wildman–Crippen MR) is 448 cm³/mol. The Morgan fingerprint density at radius 2 is 0.343 bits per heavy atom. The van der Waals surface area contributed by atoms with Gasteiger partial charge >= 0.3 is 0 Å². The maximum atomic E-state index is 5.06. The summed E-state index contributed by atoms with van der Waals surface area (Å²) in [5.74, 6) is 3.91. The number of hydrogen-bond acceptors (Lipinski definition) is 6. The zero-order chi connectivity index (χ0) is 73.7. The summed E-state index contributed by atoms with van der Waals surface area (Å²) >= 11 is 0. The summed E-state index contributed by atoms with van der Waals surface area (Å²) in [6.45, 7) is 19.2. The molecule has 0 fully saturated rings. The lowest BCUT2D eigenvalue weighted by Crippen LogP contribution is -2.43. The smallest absolute Gasteiger partial charge is 0.164 e. The van der Waals surface area contributed by atoms with Crippen LogP contribution in [0.5, 0.6) is 0 Å². The second-order valence-electron chi connectivity index (χ2n) is 30.6. The molecule has 0 aliphatic heterocycles. The minimum Gasteiger partial charge on any atom is -0.208 e. The first-order chi connectivity index (χ1) is 52.6. The highest BCUT2D eigenvalue weighted by atomic mass is 15.0. The maximum Gasteiger partial charge on any atom is 0.164 e. The molecule has 0 amide bonds. The topological polar surface area (TPSA) is 77.3 Å². The van der Waals surface area contributed by atoms with Crippen molar-refractivity contribution in [2.45, 2.75) is 77.0 Å². The normalized spacial score (nSPS) is 13.9. The first-order valence-electron chi connectivity index (χ1n) is 37.4. The lowest BCUT2D eigenvalue weighted by Gasteiger charge is -2.48. The van der Waals surface area contributed by atoms with Crippen LogP contribution in [-0.2, 0) is 21.7 Å². The average Bonchev–Trinajstić information content (AvgIpc) is 0.714. The van der Waals surface area contributed by atoms with E-state index in [2.05, 4.69) is 286 Å². The average molecular weight is 1390 g/mol. The number of nitrogens with zero attached hydrogens (tertiary/aromatic N) is 6. The molecule has 0 atom stereocenters. The summed E-state index contributed by atoms with van der Waals surface area (Å²) in [4.78, 5) is 30.0. The molecular weight excluding hydrogens is 1310 g/mol. The highest BCUT2D eigenvalue weighted by Gasteiger charge is 2.47. The highest BCUT2D eigenvalue weighted by molar-refractivity contribution is 5.91.